The lowest BCUT2D eigenvalue weighted by Gasteiger charge is -2.14. The molecule has 0 aliphatic carbocycles. The molecule has 0 saturated carbocycles. The molecule has 4 nitrogen and oxygen atoms in total. The Bertz CT molecular complexity index is 416. The summed E-state index contributed by atoms with van der Waals surface area (Å²) < 4.78 is 10.9. The summed E-state index contributed by atoms with van der Waals surface area (Å²) in [5, 5.41) is 12.4. The average molecular weight is 265 g/mol. The van der Waals surface area contributed by atoms with Gasteiger partial charge in [-0.2, -0.15) is 0 Å². The standard InChI is InChI=1S/C15H23NO3/c1-11(2)16-8-12(3)10-19-14-6-5-13(9-17)7-15(14)18-4/h5-7,11,16-17H,3,8-10H2,1-2,4H3. The third-order valence-electron chi connectivity index (χ3n) is 2.60. The van der Waals surface area contributed by atoms with E-state index in [-0.39, 0.29) is 6.61 Å². The predicted molar refractivity (Wildman–Crippen MR) is 76.7 cm³/mol. The van der Waals surface area contributed by atoms with Crippen LogP contribution in [-0.2, 0) is 6.61 Å². The first-order valence-electron chi connectivity index (χ1n) is 6.37. The van der Waals surface area contributed by atoms with Crippen LogP contribution in [0.15, 0.2) is 30.4 Å². The van der Waals surface area contributed by atoms with Crippen LogP contribution >= 0.6 is 0 Å². The number of aliphatic hydroxyl groups excluding tert-OH is 1. The van der Waals surface area contributed by atoms with E-state index in [1.165, 1.54) is 0 Å². The zero-order valence-electron chi connectivity index (χ0n) is 11.9. The van der Waals surface area contributed by atoms with Crippen molar-refractivity contribution in [2.45, 2.75) is 26.5 Å². The summed E-state index contributed by atoms with van der Waals surface area (Å²) in [6, 6.07) is 5.81. The highest BCUT2D eigenvalue weighted by Crippen LogP contribution is 2.28. The minimum atomic E-state index is -0.0122. The molecule has 0 amide bonds. The molecule has 106 valence electrons. The molecular formula is C15H23NO3. The highest BCUT2D eigenvalue weighted by molar-refractivity contribution is 5.43. The number of methoxy groups -OCH3 is 1. The van der Waals surface area contributed by atoms with E-state index >= 15 is 0 Å². The van der Waals surface area contributed by atoms with Crippen LogP contribution in [0.3, 0.4) is 0 Å². The van der Waals surface area contributed by atoms with Crippen molar-refractivity contribution < 1.29 is 14.6 Å². The molecule has 1 aromatic carbocycles. The van der Waals surface area contributed by atoms with Crippen LogP contribution in [0.1, 0.15) is 19.4 Å². The molecule has 0 aliphatic rings. The second-order valence-electron chi connectivity index (χ2n) is 4.72. The third-order valence-corrected chi connectivity index (χ3v) is 2.60. The molecule has 1 aromatic rings. The smallest absolute Gasteiger partial charge is 0.161 e. The van der Waals surface area contributed by atoms with Gasteiger partial charge in [0.1, 0.15) is 6.61 Å². The first kappa shape index (κ1) is 15.5. The number of hydrogen-bond donors (Lipinski definition) is 2. The van der Waals surface area contributed by atoms with Crippen LogP contribution in [0, 0.1) is 0 Å². The predicted octanol–water partition coefficient (Wildman–Crippen LogP) is 2.12. The van der Waals surface area contributed by atoms with Crippen LogP contribution in [0.25, 0.3) is 0 Å². The zero-order chi connectivity index (χ0) is 14.3. The van der Waals surface area contributed by atoms with Crippen LogP contribution in [0.2, 0.25) is 0 Å². The largest absolute Gasteiger partial charge is 0.493 e. The van der Waals surface area contributed by atoms with Gasteiger partial charge >= 0.3 is 0 Å². The van der Waals surface area contributed by atoms with Gasteiger partial charge in [0.25, 0.3) is 0 Å². The molecule has 0 aliphatic heterocycles. The van der Waals surface area contributed by atoms with Gasteiger partial charge in [0.05, 0.1) is 13.7 Å². The average Bonchev–Trinajstić information content (AvgIpc) is 2.42. The Labute approximate surface area is 115 Å². The first-order valence-corrected chi connectivity index (χ1v) is 6.37. The van der Waals surface area contributed by atoms with E-state index in [0.29, 0.717) is 24.1 Å². The summed E-state index contributed by atoms with van der Waals surface area (Å²) in [5.74, 6) is 1.28. The van der Waals surface area contributed by atoms with Crippen molar-refractivity contribution in [2.24, 2.45) is 0 Å². The van der Waals surface area contributed by atoms with E-state index < -0.39 is 0 Å². The number of ether oxygens (including phenoxy) is 2. The summed E-state index contributed by atoms with van der Waals surface area (Å²) in [6.07, 6.45) is 0. The van der Waals surface area contributed by atoms with Crippen LogP contribution in [0.4, 0.5) is 0 Å². The Morgan fingerprint density at radius 2 is 2.11 bits per heavy atom. The van der Waals surface area contributed by atoms with Gasteiger partial charge in [-0.3, -0.25) is 0 Å². The Hall–Kier alpha value is -1.52. The van der Waals surface area contributed by atoms with Crippen molar-refractivity contribution in [2.75, 3.05) is 20.3 Å². The van der Waals surface area contributed by atoms with Crippen molar-refractivity contribution in [3.63, 3.8) is 0 Å². The Morgan fingerprint density at radius 1 is 1.37 bits per heavy atom. The number of aliphatic hydroxyl groups is 1. The summed E-state index contributed by atoms with van der Waals surface area (Å²) >= 11 is 0. The van der Waals surface area contributed by atoms with Gasteiger partial charge in [-0.25, -0.2) is 0 Å². The van der Waals surface area contributed by atoms with Gasteiger partial charge in [-0.1, -0.05) is 26.5 Å². The van der Waals surface area contributed by atoms with Gasteiger partial charge in [0.15, 0.2) is 11.5 Å². The molecule has 1 rings (SSSR count). The number of nitrogens with one attached hydrogen (secondary N) is 1. The molecule has 0 spiro atoms. The number of rotatable bonds is 8. The van der Waals surface area contributed by atoms with Crippen molar-refractivity contribution >= 4 is 0 Å². The van der Waals surface area contributed by atoms with E-state index in [1.807, 2.05) is 6.07 Å². The Balaban J connectivity index is 2.55. The minimum Gasteiger partial charge on any atom is -0.493 e. The molecule has 0 aromatic heterocycles. The summed E-state index contributed by atoms with van der Waals surface area (Å²) in [5.41, 5.74) is 1.77. The Morgan fingerprint density at radius 3 is 2.68 bits per heavy atom. The van der Waals surface area contributed by atoms with Gasteiger partial charge in [-0.05, 0) is 23.3 Å². The molecule has 19 heavy (non-hydrogen) atoms. The molecule has 4 heteroatoms. The van der Waals surface area contributed by atoms with Crippen molar-refractivity contribution in [3.8, 4) is 11.5 Å². The van der Waals surface area contributed by atoms with Crippen LogP contribution < -0.4 is 14.8 Å². The molecule has 0 bridgehead atoms. The van der Waals surface area contributed by atoms with E-state index in [4.69, 9.17) is 14.6 Å². The fourth-order valence-corrected chi connectivity index (χ4v) is 1.51. The topological polar surface area (TPSA) is 50.7 Å². The minimum absolute atomic E-state index is 0.0122. The molecule has 0 saturated heterocycles. The maximum Gasteiger partial charge on any atom is 0.161 e. The number of hydrogen-bond acceptors (Lipinski definition) is 4. The molecule has 0 fully saturated rings. The number of benzene rings is 1. The van der Waals surface area contributed by atoms with Crippen LogP contribution in [0.5, 0.6) is 11.5 Å². The molecular weight excluding hydrogens is 242 g/mol. The fraction of sp³-hybridized carbons (Fsp3) is 0.467. The van der Waals surface area contributed by atoms with E-state index in [1.54, 1.807) is 19.2 Å². The third kappa shape index (κ3) is 5.32. The maximum absolute atomic E-state index is 9.07. The highest BCUT2D eigenvalue weighted by Gasteiger charge is 2.06. The van der Waals surface area contributed by atoms with E-state index in [0.717, 1.165) is 17.7 Å². The van der Waals surface area contributed by atoms with Crippen molar-refractivity contribution in [1.82, 2.24) is 5.32 Å². The lowest BCUT2D eigenvalue weighted by Crippen LogP contribution is -2.26. The highest BCUT2D eigenvalue weighted by atomic mass is 16.5. The van der Waals surface area contributed by atoms with Gasteiger partial charge in [0.2, 0.25) is 0 Å². The summed E-state index contributed by atoms with van der Waals surface area (Å²) in [6.45, 7) is 9.30. The Kier molecular flexibility index (Phi) is 6.39. The second kappa shape index (κ2) is 7.81. The maximum atomic E-state index is 9.07. The molecule has 2 N–H and O–H groups in total. The summed E-state index contributed by atoms with van der Waals surface area (Å²) in [4.78, 5) is 0. The van der Waals surface area contributed by atoms with E-state index in [9.17, 15) is 0 Å². The molecule has 0 unspecified atom stereocenters. The lowest BCUT2D eigenvalue weighted by molar-refractivity contribution is 0.279. The molecule has 0 radical (unpaired) electrons. The van der Waals surface area contributed by atoms with Gasteiger partial charge < -0.3 is 19.9 Å². The van der Waals surface area contributed by atoms with Crippen molar-refractivity contribution in [3.05, 3.63) is 35.9 Å². The summed E-state index contributed by atoms with van der Waals surface area (Å²) in [7, 11) is 1.58. The first-order chi connectivity index (χ1) is 9.06. The van der Waals surface area contributed by atoms with Gasteiger partial charge in [-0.15, -0.1) is 0 Å². The van der Waals surface area contributed by atoms with Crippen molar-refractivity contribution in [1.29, 1.82) is 0 Å². The quantitative estimate of drug-likeness (QED) is 0.707. The fourth-order valence-electron chi connectivity index (χ4n) is 1.51. The monoisotopic (exact) mass is 265 g/mol. The molecule has 0 heterocycles. The second-order valence-corrected chi connectivity index (χ2v) is 4.72. The molecule has 0 atom stereocenters. The SMILES string of the molecule is C=C(CNC(C)C)COc1ccc(CO)cc1OC. The lowest BCUT2D eigenvalue weighted by atomic mass is 10.2. The van der Waals surface area contributed by atoms with Gasteiger partial charge in [0, 0.05) is 12.6 Å². The van der Waals surface area contributed by atoms with E-state index in [2.05, 4.69) is 25.7 Å². The normalized spacial score (nSPS) is 10.6. The van der Waals surface area contributed by atoms with Crippen LogP contribution in [-0.4, -0.2) is 31.4 Å². The zero-order valence-corrected chi connectivity index (χ0v) is 11.9.